The Bertz CT molecular complexity index is 1090. The minimum Gasteiger partial charge on any atom is -0.504 e. The van der Waals surface area contributed by atoms with Crippen molar-refractivity contribution < 1.29 is 48.2 Å². The Labute approximate surface area is 202 Å². The fourth-order valence-electron chi connectivity index (χ4n) is 2.97. The summed E-state index contributed by atoms with van der Waals surface area (Å²) in [6.07, 6.45) is 3.11. The van der Waals surface area contributed by atoms with E-state index in [1.54, 1.807) is 12.1 Å². The van der Waals surface area contributed by atoms with Crippen LogP contribution in [-0.2, 0) is 23.8 Å². The highest BCUT2D eigenvalue weighted by Crippen LogP contribution is 2.42. The molecule has 35 heavy (non-hydrogen) atoms. The first-order valence-electron chi connectivity index (χ1n) is 10.3. The van der Waals surface area contributed by atoms with E-state index in [4.69, 9.17) is 28.4 Å². The van der Waals surface area contributed by atoms with Crippen LogP contribution in [0.1, 0.15) is 17.5 Å². The van der Waals surface area contributed by atoms with E-state index >= 15 is 0 Å². The molecular weight excluding hydrogens is 460 g/mol. The van der Waals surface area contributed by atoms with Crippen LogP contribution in [0.25, 0.3) is 12.2 Å². The molecule has 0 fully saturated rings. The van der Waals surface area contributed by atoms with E-state index in [1.807, 2.05) is 0 Å². The molecule has 0 bridgehead atoms. The predicted molar refractivity (Wildman–Crippen MR) is 126 cm³/mol. The SMILES string of the molecule is COc1cc(C=CC(=O)CC(=O)C=Cc2ccc(O)c(OC(OC)(OC)OC)c2OC)ccc1O. The van der Waals surface area contributed by atoms with Gasteiger partial charge in [-0.1, -0.05) is 12.1 Å². The fraction of sp³-hybridized carbons (Fsp3) is 0.280. The van der Waals surface area contributed by atoms with E-state index < -0.39 is 17.7 Å². The maximum Gasteiger partial charge on any atom is 0.460 e. The van der Waals surface area contributed by atoms with Crippen molar-refractivity contribution in [3.8, 4) is 28.7 Å². The quantitative estimate of drug-likeness (QED) is 0.246. The van der Waals surface area contributed by atoms with Gasteiger partial charge in [0.2, 0.25) is 5.75 Å². The zero-order valence-electron chi connectivity index (χ0n) is 20.1. The first-order valence-corrected chi connectivity index (χ1v) is 10.3. The third-order valence-corrected chi connectivity index (χ3v) is 4.77. The van der Waals surface area contributed by atoms with Gasteiger partial charge in [-0.15, -0.1) is 0 Å². The summed E-state index contributed by atoms with van der Waals surface area (Å²) in [7, 11) is 6.61. The Morgan fingerprint density at radius 2 is 1.40 bits per heavy atom. The zero-order valence-corrected chi connectivity index (χ0v) is 20.1. The molecule has 0 aromatic heterocycles. The number of aromatic hydroxyl groups is 2. The molecule has 0 radical (unpaired) electrons. The summed E-state index contributed by atoms with van der Waals surface area (Å²) in [4.78, 5) is 24.5. The van der Waals surface area contributed by atoms with E-state index in [0.717, 1.165) is 0 Å². The van der Waals surface area contributed by atoms with Crippen LogP contribution in [0.2, 0.25) is 0 Å². The highest BCUT2D eigenvalue weighted by molar-refractivity contribution is 6.11. The molecule has 0 aliphatic heterocycles. The maximum atomic E-state index is 12.3. The lowest BCUT2D eigenvalue weighted by Crippen LogP contribution is -2.42. The van der Waals surface area contributed by atoms with Crippen LogP contribution in [0.15, 0.2) is 42.5 Å². The summed E-state index contributed by atoms with van der Waals surface area (Å²) in [5.74, 6) is -0.977. The number of ether oxygens (including phenoxy) is 6. The van der Waals surface area contributed by atoms with Gasteiger partial charge in [0, 0.05) is 26.9 Å². The number of ketones is 2. The number of allylic oxidation sites excluding steroid dienone is 2. The molecule has 0 atom stereocenters. The van der Waals surface area contributed by atoms with Gasteiger partial charge in [0.1, 0.15) is 0 Å². The summed E-state index contributed by atoms with van der Waals surface area (Å²) in [6, 6.07) is 7.43. The Kier molecular flexibility index (Phi) is 9.83. The lowest BCUT2D eigenvalue weighted by Gasteiger charge is -2.29. The average Bonchev–Trinajstić information content (AvgIpc) is 2.86. The molecule has 2 aromatic rings. The standard InChI is InChI=1S/C25H28O10/c1-30-22-14-16(7-12-20(22)28)6-10-18(26)15-19(27)11-8-17-9-13-21(29)24(23(17)31-2)35-25(32-3,33-4)34-5/h6-14,28-29H,15H2,1-5H3. The van der Waals surface area contributed by atoms with Crippen LogP contribution in [0, 0.1) is 0 Å². The first-order chi connectivity index (χ1) is 16.7. The number of carbonyl (C=O) groups is 2. The van der Waals surface area contributed by atoms with E-state index in [9.17, 15) is 19.8 Å². The summed E-state index contributed by atoms with van der Waals surface area (Å²) in [5.41, 5.74) is 1.00. The summed E-state index contributed by atoms with van der Waals surface area (Å²) >= 11 is 0. The van der Waals surface area contributed by atoms with Crippen LogP contribution < -0.4 is 14.2 Å². The molecule has 2 N–H and O–H groups in total. The minimum absolute atomic E-state index is 0.0214. The average molecular weight is 488 g/mol. The van der Waals surface area contributed by atoms with Gasteiger partial charge in [0.05, 0.1) is 20.6 Å². The van der Waals surface area contributed by atoms with Gasteiger partial charge in [-0.3, -0.25) is 23.8 Å². The normalized spacial score (nSPS) is 11.7. The molecule has 188 valence electrons. The van der Waals surface area contributed by atoms with Gasteiger partial charge >= 0.3 is 6.16 Å². The first kappa shape index (κ1) is 27.4. The second-order valence-corrected chi connectivity index (χ2v) is 6.96. The Morgan fingerprint density at radius 1 is 0.800 bits per heavy atom. The van der Waals surface area contributed by atoms with Crippen molar-refractivity contribution in [1.29, 1.82) is 0 Å². The number of benzene rings is 2. The fourth-order valence-corrected chi connectivity index (χ4v) is 2.97. The molecular formula is C25H28O10. The van der Waals surface area contributed by atoms with Crippen LogP contribution >= 0.6 is 0 Å². The molecule has 0 amide bonds. The van der Waals surface area contributed by atoms with Gasteiger partial charge in [0.15, 0.2) is 34.6 Å². The molecule has 0 saturated heterocycles. The third kappa shape index (κ3) is 7.06. The predicted octanol–water partition coefficient (Wildman–Crippen LogP) is 3.30. The van der Waals surface area contributed by atoms with Gasteiger partial charge < -0.3 is 24.4 Å². The Balaban J connectivity index is 2.15. The van der Waals surface area contributed by atoms with Crippen LogP contribution in [0.3, 0.4) is 0 Å². The topological polar surface area (TPSA) is 130 Å². The zero-order chi connectivity index (χ0) is 26.0. The Morgan fingerprint density at radius 3 is 1.97 bits per heavy atom. The smallest absolute Gasteiger partial charge is 0.460 e. The lowest BCUT2D eigenvalue weighted by molar-refractivity contribution is -0.448. The number of phenolic OH excluding ortho intramolecular Hbond substituents is 2. The maximum absolute atomic E-state index is 12.3. The molecule has 2 aromatic carbocycles. The minimum atomic E-state index is -1.94. The van der Waals surface area contributed by atoms with Crippen LogP contribution in [0.4, 0.5) is 0 Å². The number of carbonyl (C=O) groups excluding carboxylic acids is 2. The summed E-state index contributed by atoms with van der Waals surface area (Å²) in [5, 5.41) is 19.9. The van der Waals surface area contributed by atoms with Crippen molar-refractivity contribution in [2.75, 3.05) is 35.5 Å². The molecule has 0 spiro atoms. The molecule has 0 unspecified atom stereocenters. The molecule has 0 heterocycles. The van der Waals surface area contributed by atoms with Gasteiger partial charge in [-0.2, -0.15) is 0 Å². The lowest BCUT2D eigenvalue weighted by atomic mass is 10.1. The number of methoxy groups -OCH3 is 5. The van der Waals surface area contributed by atoms with Gasteiger partial charge in [0.25, 0.3) is 0 Å². The van der Waals surface area contributed by atoms with Crippen molar-refractivity contribution in [2.24, 2.45) is 0 Å². The third-order valence-electron chi connectivity index (χ3n) is 4.77. The van der Waals surface area contributed by atoms with Crippen molar-refractivity contribution in [3.05, 3.63) is 53.6 Å². The molecule has 0 aliphatic rings. The van der Waals surface area contributed by atoms with Crippen molar-refractivity contribution in [2.45, 2.75) is 12.6 Å². The van der Waals surface area contributed by atoms with Crippen LogP contribution in [-0.4, -0.2) is 63.5 Å². The van der Waals surface area contributed by atoms with E-state index in [2.05, 4.69) is 0 Å². The van der Waals surface area contributed by atoms with Crippen molar-refractivity contribution in [1.82, 2.24) is 0 Å². The van der Waals surface area contributed by atoms with E-state index in [-0.39, 0.29) is 35.2 Å². The number of rotatable bonds is 13. The molecule has 2 rings (SSSR count). The van der Waals surface area contributed by atoms with Crippen molar-refractivity contribution >= 4 is 23.7 Å². The van der Waals surface area contributed by atoms with Gasteiger partial charge in [-0.25, -0.2) is 0 Å². The second-order valence-electron chi connectivity index (χ2n) is 6.96. The number of phenols is 2. The van der Waals surface area contributed by atoms with Gasteiger partial charge in [-0.05, 0) is 48.1 Å². The molecule has 0 aliphatic carbocycles. The number of hydrogen-bond acceptors (Lipinski definition) is 10. The highest BCUT2D eigenvalue weighted by Gasteiger charge is 2.36. The highest BCUT2D eigenvalue weighted by atomic mass is 17.0. The Hall–Kier alpha value is -3.86. The molecule has 0 saturated carbocycles. The van der Waals surface area contributed by atoms with E-state index in [0.29, 0.717) is 11.1 Å². The molecule has 10 nitrogen and oxygen atoms in total. The second kappa shape index (κ2) is 12.6. The van der Waals surface area contributed by atoms with Crippen LogP contribution in [0.5, 0.6) is 28.7 Å². The van der Waals surface area contributed by atoms with Crippen molar-refractivity contribution in [3.63, 3.8) is 0 Å². The number of hydrogen-bond donors (Lipinski definition) is 2. The largest absolute Gasteiger partial charge is 0.504 e. The molecule has 10 heteroatoms. The van der Waals surface area contributed by atoms with E-state index in [1.165, 1.54) is 78.1 Å². The summed E-state index contributed by atoms with van der Waals surface area (Å²) in [6.45, 7) is 0. The summed E-state index contributed by atoms with van der Waals surface area (Å²) < 4.78 is 31.2. The monoisotopic (exact) mass is 488 g/mol.